The molecule has 0 aliphatic carbocycles. The van der Waals surface area contributed by atoms with Crippen LogP contribution in [0.5, 0.6) is 0 Å². The van der Waals surface area contributed by atoms with Crippen molar-refractivity contribution in [1.82, 2.24) is 5.32 Å². The normalized spacial score (nSPS) is 16.4. The molecule has 2 aromatic rings. The highest BCUT2D eigenvalue weighted by atomic mass is 32.2. The molecule has 3 rings (SSSR count). The fourth-order valence-electron chi connectivity index (χ4n) is 2.57. The Morgan fingerprint density at radius 1 is 1.16 bits per heavy atom. The van der Waals surface area contributed by atoms with Gasteiger partial charge in [0.1, 0.15) is 0 Å². The summed E-state index contributed by atoms with van der Waals surface area (Å²) in [4.78, 5) is 13.4. The summed E-state index contributed by atoms with van der Waals surface area (Å²) in [6, 6.07) is 15.2. The van der Waals surface area contributed by atoms with Crippen LogP contribution in [0, 0.1) is 6.92 Å². The number of hydrogen-bond donors (Lipinski definition) is 1. The first-order valence-electron chi connectivity index (χ1n) is 6.35. The first-order valence-corrected chi connectivity index (χ1v) is 7.74. The van der Waals surface area contributed by atoms with Crippen molar-refractivity contribution in [2.24, 2.45) is 0 Å². The molecule has 0 saturated heterocycles. The van der Waals surface area contributed by atoms with Crippen molar-refractivity contribution >= 4 is 17.3 Å². The predicted molar refractivity (Wildman–Crippen MR) is 78.4 cm³/mol. The molecule has 1 aliphatic heterocycles. The molecule has 1 atom stereocenters. The Morgan fingerprint density at radius 2 is 1.95 bits per heavy atom. The average Bonchev–Trinajstić information content (AvgIpc) is 2.43. The molecule has 1 aliphatic rings. The Morgan fingerprint density at radius 3 is 2.79 bits per heavy atom. The molecular formula is C16H16NOS+. The summed E-state index contributed by atoms with van der Waals surface area (Å²) < 4.78 is 0. The summed E-state index contributed by atoms with van der Waals surface area (Å²) in [5, 5.41) is 2.85. The summed E-state index contributed by atoms with van der Waals surface area (Å²) in [5.41, 5.74) is 4.08. The Bertz CT molecular complexity index is 624. The van der Waals surface area contributed by atoms with Crippen molar-refractivity contribution in [3.63, 3.8) is 0 Å². The quantitative estimate of drug-likeness (QED) is 0.674. The van der Waals surface area contributed by atoms with Crippen LogP contribution in [0.15, 0.2) is 52.3 Å². The SMILES string of the molecule is Cc1ccc2c(c1)Cc1ccccc1[S+]2CNC=O. The van der Waals surface area contributed by atoms with Crippen LogP contribution in [0.4, 0.5) is 0 Å². The van der Waals surface area contributed by atoms with E-state index in [1.165, 1.54) is 26.5 Å². The van der Waals surface area contributed by atoms with Crippen molar-refractivity contribution in [1.29, 1.82) is 0 Å². The Kier molecular flexibility index (Phi) is 3.30. The third-order valence-corrected chi connectivity index (χ3v) is 5.73. The summed E-state index contributed by atoms with van der Waals surface area (Å²) in [7, 11) is -0.0450. The molecule has 0 fully saturated rings. The van der Waals surface area contributed by atoms with Gasteiger partial charge < -0.3 is 5.32 Å². The van der Waals surface area contributed by atoms with E-state index in [1.54, 1.807) is 0 Å². The molecule has 19 heavy (non-hydrogen) atoms. The Hall–Kier alpha value is -1.74. The van der Waals surface area contributed by atoms with Crippen LogP contribution in [0.2, 0.25) is 0 Å². The second-order valence-electron chi connectivity index (χ2n) is 4.75. The van der Waals surface area contributed by atoms with Crippen LogP contribution < -0.4 is 5.32 Å². The minimum Gasteiger partial charge on any atom is -0.316 e. The number of nitrogens with one attached hydrogen (secondary N) is 1. The van der Waals surface area contributed by atoms with Crippen molar-refractivity contribution in [2.75, 3.05) is 5.88 Å². The lowest BCUT2D eigenvalue weighted by atomic mass is 10.0. The van der Waals surface area contributed by atoms with Crippen LogP contribution in [-0.4, -0.2) is 12.3 Å². The minimum atomic E-state index is -0.0450. The molecule has 0 spiro atoms. The molecule has 2 nitrogen and oxygen atoms in total. The van der Waals surface area contributed by atoms with Gasteiger partial charge in [-0.05, 0) is 19.1 Å². The van der Waals surface area contributed by atoms with Crippen LogP contribution in [-0.2, 0) is 22.1 Å². The molecule has 0 aromatic heterocycles. The molecule has 96 valence electrons. The van der Waals surface area contributed by atoms with E-state index in [-0.39, 0.29) is 10.9 Å². The van der Waals surface area contributed by atoms with Gasteiger partial charge in [0, 0.05) is 17.5 Å². The number of amides is 1. The first-order chi connectivity index (χ1) is 9.29. The summed E-state index contributed by atoms with van der Waals surface area (Å²) >= 11 is 0. The third kappa shape index (κ3) is 2.26. The molecule has 2 aromatic carbocycles. The zero-order valence-corrected chi connectivity index (χ0v) is 11.7. The van der Waals surface area contributed by atoms with E-state index in [0.717, 1.165) is 12.8 Å². The van der Waals surface area contributed by atoms with E-state index in [2.05, 4.69) is 54.7 Å². The number of fused-ring (bicyclic) bond motifs is 2. The van der Waals surface area contributed by atoms with Gasteiger partial charge in [0.25, 0.3) is 0 Å². The highest BCUT2D eigenvalue weighted by molar-refractivity contribution is 7.97. The van der Waals surface area contributed by atoms with Gasteiger partial charge in [0.15, 0.2) is 15.7 Å². The highest BCUT2D eigenvalue weighted by Crippen LogP contribution is 2.35. The van der Waals surface area contributed by atoms with E-state index in [4.69, 9.17) is 0 Å². The van der Waals surface area contributed by atoms with Gasteiger partial charge in [-0.1, -0.05) is 35.9 Å². The largest absolute Gasteiger partial charge is 0.316 e. The summed E-state index contributed by atoms with van der Waals surface area (Å²) in [5.74, 6) is 0.691. The number of carbonyl (C=O) groups excluding carboxylic acids is 1. The molecule has 1 amide bonds. The van der Waals surface area contributed by atoms with Crippen molar-refractivity contribution in [2.45, 2.75) is 23.1 Å². The van der Waals surface area contributed by atoms with Gasteiger partial charge in [-0.3, -0.25) is 4.79 Å². The van der Waals surface area contributed by atoms with E-state index in [0.29, 0.717) is 5.88 Å². The lowest BCUT2D eigenvalue weighted by Crippen LogP contribution is -2.26. The highest BCUT2D eigenvalue weighted by Gasteiger charge is 2.34. The fraction of sp³-hybridized carbons (Fsp3) is 0.188. The zero-order chi connectivity index (χ0) is 13.2. The molecule has 1 heterocycles. The van der Waals surface area contributed by atoms with Crippen molar-refractivity contribution in [3.05, 3.63) is 59.2 Å². The molecule has 1 unspecified atom stereocenters. The second kappa shape index (κ2) is 5.10. The Labute approximate surface area is 116 Å². The van der Waals surface area contributed by atoms with Gasteiger partial charge >= 0.3 is 0 Å². The van der Waals surface area contributed by atoms with Crippen LogP contribution >= 0.6 is 0 Å². The first kappa shape index (κ1) is 12.3. The van der Waals surface area contributed by atoms with Crippen LogP contribution in [0.25, 0.3) is 0 Å². The maximum absolute atomic E-state index is 10.6. The number of benzene rings is 2. The maximum Gasteiger partial charge on any atom is 0.210 e. The maximum atomic E-state index is 10.6. The van der Waals surface area contributed by atoms with Gasteiger partial charge in [-0.2, -0.15) is 0 Å². The molecule has 0 bridgehead atoms. The van der Waals surface area contributed by atoms with Crippen LogP contribution in [0.1, 0.15) is 16.7 Å². The number of aryl methyl sites for hydroxylation is 1. The minimum absolute atomic E-state index is 0.0450. The smallest absolute Gasteiger partial charge is 0.210 e. The molecule has 0 saturated carbocycles. The van der Waals surface area contributed by atoms with Crippen molar-refractivity contribution in [3.8, 4) is 0 Å². The lowest BCUT2D eigenvalue weighted by molar-refractivity contribution is -0.109. The monoisotopic (exact) mass is 270 g/mol. The average molecular weight is 270 g/mol. The van der Waals surface area contributed by atoms with E-state index in [1.807, 2.05) is 0 Å². The van der Waals surface area contributed by atoms with E-state index >= 15 is 0 Å². The topological polar surface area (TPSA) is 29.1 Å². The molecule has 1 N–H and O–H groups in total. The standard InChI is InChI=1S/C16H15NOS/c1-12-6-7-16-14(8-12)9-13-4-2-3-5-15(13)19(16)11-17-10-18/h2-8,10H,9,11H2,1H3/p+1. The Balaban J connectivity index is 2.09. The van der Waals surface area contributed by atoms with Crippen molar-refractivity contribution < 1.29 is 4.79 Å². The molecule has 0 radical (unpaired) electrons. The van der Waals surface area contributed by atoms with E-state index < -0.39 is 0 Å². The zero-order valence-electron chi connectivity index (χ0n) is 10.8. The summed E-state index contributed by atoms with van der Waals surface area (Å²) in [6.07, 6.45) is 1.79. The van der Waals surface area contributed by atoms with Gasteiger partial charge in [0.05, 0.1) is 10.9 Å². The lowest BCUT2D eigenvalue weighted by Gasteiger charge is -2.19. The molecular weight excluding hydrogens is 254 g/mol. The predicted octanol–water partition coefficient (Wildman–Crippen LogP) is 2.64. The van der Waals surface area contributed by atoms with Gasteiger partial charge in [-0.15, -0.1) is 0 Å². The number of carbonyl (C=O) groups is 1. The third-order valence-electron chi connectivity index (χ3n) is 3.41. The number of rotatable bonds is 3. The van der Waals surface area contributed by atoms with Crippen LogP contribution in [0.3, 0.4) is 0 Å². The number of hydrogen-bond acceptors (Lipinski definition) is 1. The van der Waals surface area contributed by atoms with Gasteiger partial charge in [0.2, 0.25) is 6.41 Å². The fourth-order valence-corrected chi connectivity index (χ4v) is 4.74. The second-order valence-corrected chi connectivity index (χ2v) is 6.70. The molecule has 3 heteroatoms. The summed E-state index contributed by atoms with van der Waals surface area (Å²) in [6.45, 7) is 2.13. The van der Waals surface area contributed by atoms with E-state index in [9.17, 15) is 4.79 Å². The van der Waals surface area contributed by atoms with Gasteiger partial charge in [-0.25, -0.2) is 0 Å².